The Labute approximate surface area is 118 Å². The van der Waals surface area contributed by atoms with Crippen LogP contribution in [0.4, 0.5) is 21.6 Å². The molecule has 0 saturated heterocycles. The third kappa shape index (κ3) is 3.60. The summed E-state index contributed by atoms with van der Waals surface area (Å²) in [5.74, 6) is 0.650. The van der Waals surface area contributed by atoms with E-state index in [1.165, 1.54) is 13.2 Å². The van der Waals surface area contributed by atoms with Crippen molar-refractivity contribution in [3.63, 3.8) is 0 Å². The lowest BCUT2D eigenvalue weighted by Gasteiger charge is -2.10. The number of nitrogens with zero attached hydrogens (tertiary/aromatic N) is 1. The first kappa shape index (κ1) is 14.1. The average molecular weight is 275 g/mol. The van der Waals surface area contributed by atoms with Gasteiger partial charge < -0.3 is 15.4 Å². The minimum absolute atomic E-state index is 0.216. The standard InChI is InChI=1S/C15H18FN3O/c1-3-7-17-15-10-12(6-8-18-15)19-11-4-5-13(16)14(9-11)20-2/h4-6,8-10H,3,7H2,1-2H3,(H2,17,18,19). The molecule has 0 radical (unpaired) electrons. The highest BCUT2D eigenvalue weighted by atomic mass is 19.1. The van der Waals surface area contributed by atoms with Crippen LogP contribution in [0, 0.1) is 5.82 Å². The number of hydrogen-bond acceptors (Lipinski definition) is 4. The number of rotatable bonds is 6. The molecule has 1 aromatic carbocycles. The van der Waals surface area contributed by atoms with Crippen molar-refractivity contribution in [2.75, 3.05) is 24.3 Å². The third-order valence-corrected chi connectivity index (χ3v) is 2.76. The second-order valence-corrected chi connectivity index (χ2v) is 4.33. The Morgan fingerprint density at radius 1 is 1.20 bits per heavy atom. The van der Waals surface area contributed by atoms with Crippen LogP contribution in [-0.4, -0.2) is 18.6 Å². The highest BCUT2D eigenvalue weighted by molar-refractivity contribution is 5.63. The second-order valence-electron chi connectivity index (χ2n) is 4.33. The van der Waals surface area contributed by atoms with E-state index in [1.807, 2.05) is 12.1 Å². The second kappa shape index (κ2) is 6.75. The third-order valence-electron chi connectivity index (χ3n) is 2.76. The molecule has 0 aliphatic carbocycles. The van der Waals surface area contributed by atoms with E-state index < -0.39 is 0 Å². The molecule has 5 heteroatoms. The number of nitrogens with one attached hydrogen (secondary N) is 2. The largest absolute Gasteiger partial charge is 0.494 e. The summed E-state index contributed by atoms with van der Waals surface area (Å²) in [5.41, 5.74) is 1.64. The Morgan fingerprint density at radius 2 is 2.00 bits per heavy atom. The van der Waals surface area contributed by atoms with E-state index in [0.717, 1.165) is 30.2 Å². The molecule has 0 spiro atoms. The van der Waals surface area contributed by atoms with Gasteiger partial charge in [0.25, 0.3) is 0 Å². The first-order chi connectivity index (χ1) is 9.72. The van der Waals surface area contributed by atoms with Gasteiger partial charge in [0.1, 0.15) is 5.82 Å². The van der Waals surface area contributed by atoms with E-state index in [0.29, 0.717) is 0 Å². The Morgan fingerprint density at radius 3 is 2.75 bits per heavy atom. The van der Waals surface area contributed by atoms with Gasteiger partial charge in [-0.05, 0) is 24.6 Å². The molecule has 20 heavy (non-hydrogen) atoms. The number of anilines is 3. The molecule has 0 bridgehead atoms. The molecule has 1 heterocycles. The molecule has 2 aromatic rings. The summed E-state index contributed by atoms with van der Waals surface area (Å²) in [6.45, 7) is 2.97. The van der Waals surface area contributed by atoms with E-state index in [1.54, 1.807) is 18.3 Å². The lowest BCUT2D eigenvalue weighted by atomic mass is 10.2. The SMILES string of the molecule is CCCNc1cc(Nc2ccc(F)c(OC)c2)ccn1. The zero-order chi connectivity index (χ0) is 14.4. The van der Waals surface area contributed by atoms with Gasteiger partial charge in [0, 0.05) is 36.2 Å². The summed E-state index contributed by atoms with van der Waals surface area (Å²) in [7, 11) is 1.45. The number of methoxy groups -OCH3 is 1. The van der Waals surface area contributed by atoms with Gasteiger partial charge in [-0.1, -0.05) is 6.92 Å². The number of halogens is 1. The molecule has 0 aliphatic heterocycles. The molecular formula is C15H18FN3O. The lowest BCUT2D eigenvalue weighted by Crippen LogP contribution is -2.02. The summed E-state index contributed by atoms with van der Waals surface area (Å²) in [4.78, 5) is 4.23. The fraction of sp³-hybridized carbons (Fsp3) is 0.267. The Hall–Kier alpha value is -2.30. The summed E-state index contributed by atoms with van der Waals surface area (Å²) in [5, 5.41) is 6.41. The lowest BCUT2D eigenvalue weighted by molar-refractivity contribution is 0.387. The van der Waals surface area contributed by atoms with Gasteiger partial charge in [-0.2, -0.15) is 0 Å². The first-order valence-electron chi connectivity index (χ1n) is 6.53. The maximum Gasteiger partial charge on any atom is 0.165 e. The minimum atomic E-state index is -0.377. The number of ether oxygens (including phenoxy) is 1. The van der Waals surface area contributed by atoms with Gasteiger partial charge in [0.2, 0.25) is 0 Å². The quantitative estimate of drug-likeness (QED) is 0.842. The number of pyridine rings is 1. The highest BCUT2D eigenvalue weighted by Crippen LogP contribution is 2.24. The van der Waals surface area contributed by atoms with Crippen molar-refractivity contribution < 1.29 is 9.13 Å². The Balaban J connectivity index is 2.13. The van der Waals surface area contributed by atoms with Crippen LogP contribution in [-0.2, 0) is 0 Å². The van der Waals surface area contributed by atoms with Crippen LogP contribution in [0.5, 0.6) is 5.75 Å². The van der Waals surface area contributed by atoms with Crippen LogP contribution in [0.1, 0.15) is 13.3 Å². The fourth-order valence-electron chi connectivity index (χ4n) is 1.76. The maximum atomic E-state index is 13.3. The summed E-state index contributed by atoms with van der Waals surface area (Å²) in [6, 6.07) is 8.42. The number of hydrogen-bond donors (Lipinski definition) is 2. The normalized spacial score (nSPS) is 10.2. The van der Waals surface area contributed by atoms with Crippen LogP contribution in [0.25, 0.3) is 0 Å². The maximum absolute atomic E-state index is 13.3. The molecule has 2 N–H and O–H groups in total. The van der Waals surface area contributed by atoms with E-state index in [2.05, 4.69) is 22.5 Å². The summed E-state index contributed by atoms with van der Waals surface area (Å²) < 4.78 is 18.3. The zero-order valence-electron chi connectivity index (χ0n) is 11.6. The van der Waals surface area contributed by atoms with Crippen molar-refractivity contribution in [1.29, 1.82) is 0 Å². The van der Waals surface area contributed by atoms with Gasteiger partial charge in [0.05, 0.1) is 7.11 Å². The zero-order valence-corrected chi connectivity index (χ0v) is 11.6. The van der Waals surface area contributed by atoms with Crippen molar-refractivity contribution in [1.82, 2.24) is 4.98 Å². The van der Waals surface area contributed by atoms with E-state index in [-0.39, 0.29) is 11.6 Å². The number of benzene rings is 1. The van der Waals surface area contributed by atoms with Gasteiger partial charge in [-0.25, -0.2) is 9.37 Å². The van der Waals surface area contributed by atoms with Gasteiger partial charge in [0.15, 0.2) is 11.6 Å². The van der Waals surface area contributed by atoms with E-state index in [4.69, 9.17) is 4.74 Å². The number of aromatic nitrogens is 1. The fourth-order valence-corrected chi connectivity index (χ4v) is 1.76. The van der Waals surface area contributed by atoms with Crippen molar-refractivity contribution in [3.8, 4) is 5.75 Å². The monoisotopic (exact) mass is 275 g/mol. The molecule has 0 fully saturated rings. The van der Waals surface area contributed by atoms with Crippen LogP contribution in [0.15, 0.2) is 36.5 Å². The Bertz CT molecular complexity index is 575. The summed E-state index contributed by atoms with van der Waals surface area (Å²) in [6.07, 6.45) is 2.76. The molecular weight excluding hydrogens is 257 g/mol. The topological polar surface area (TPSA) is 46.2 Å². The molecule has 4 nitrogen and oxygen atoms in total. The van der Waals surface area contributed by atoms with Crippen molar-refractivity contribution >= 4 is 17.2 Å². The Kier molecular flexibility index (Phi) is 4.76. The molecule has 0 amide bonds. The van der Waals surface area contributed by atoms with Crippen molar-refractivity contribution in [2.45, 2.75) is 13.3 Å². The predicted octanol–water partition coefficient (Wildman–Crippen LogP) is 3.79. The molecule has 1 aromatic heterocycles. The molecule has 0 atom stereocenters. The minimum Gasteiger partial charge on any atom is -0.494 e. The van der Waals surface area contributed by atoms with Crippen LogP contribution >= 0.6 is 0 Å². The highest BCUT2D eigenvalue weighted by Gasteiger charge is 2.04. The molecule has 2 rings (SSSR count). The smallest absolute Gasteiger partial charge is 0.165 e. The average Bonchev–Trinajstić information content (AvgIpc) is 2.47. The predicted molar refractivity (Wildman–Crippen MR) is 79.3 cm³/mol. The first-order valence-corrected chi connectivity index (χ1v) is 6.53. The molecule has 0 unspecified atom stereocenters. The van der Waals surface area contributed by atoms with Crippen molar-refractivity contribution in [3.05, 3.63) is 42.3 Å². The van der Waals surface area contributed by atoms with Gasteiger partial charge >= 0.3 is 0 Å². The van der Waals surface area contributed by atoms with Crippen LogP contribution in [0.3, 0.4) is 0 Å². The van der Waals surface area contributed by atoms with Crippen molar-refractivity contribution in [2.24, 2.45) is 0 Å². The van der Waals surface area contributed by atoms with E-state index in [9.17, 15) is 4.39 Å². The van der Waals surface area contributed by atoms with Crippen LogP contribution in [0.2, 0.25) is 0 Å². The molecule has 106 valence electrons. The van der Waals surface area contributed by atoms with Crippen LogP contribution < -0.4 is 15.4 Å². The van der Waals surface area contributed by atoms with E-state index >= 15 is 0 Å². The molecule has 0 saturated carbocycles. The van der Waals surface area contributed by atoms with Gasteiger partial charge in [-0.3, -0.25) is 0 Å². The summed E-state index contributed by atoms with van der Waals surface area (Å²) >= 11 is 0. The molecule has 0 aliphatic rings. The van der Waals surface area contributed by atoms with Gasteiger partial charge in [-0.15, -0.1) is 0 Å².